The summed E-state index contributed by atoms with van der Waals surface area (Å²) in [6.07, 6.45) is -0.421. The van der Waals surface area contributed by atoms with Gasteiger partial charge in [0.25, 0.3) is 5.91 Å². The average molecular weight is 270 g/mol. The molecule has 2 amide bonds. The van der Waals surface area contributed by atoms with E-state index in [1.54, 1.807) is 0 Å². The summed E-state index contributed by atoms with van der Waals surface area (Å²) in [5.41, 5.74) is 0.130. The number of hydrogen-bond acceptors (Lipinski definition) is 6. The molecule has 9 heteroatoms. The van der Waals surface area contributed by atoms with E-state index < -0.39 is 30.2 Å². The maximum atomic E-state index is 12.1. The Bertz CT molecular complexity index is 475. The Morgan fingerprint density at radius 2 is 2.39 bits per heavy atom. The first-order valence-electron chi connectivity index (χ1n) is 5.17. The summed E-state index contributed by atoms with van der Waals surface area (Å²) in [6.45, 7) is 0.568. The molecule has 18 heavy (non-hydrogen) atoms. The third-order valence-electron chi connectivity index (χ3n) is 2.54. The molecule has 1 aliphatic heterocycles. The number of rotatable bonds is 3. The second kappa shape index (κ2) is 5.08. The Hall–Kier alpha value is -2.03. The van der Waals surface area contributed by atoms with Gasteiger partial charge in [-0.2, -0.15) is 0 Å². The number of carboxylic acid groups (broad SMARTS) is 1. The lowest BCUT2D eigenvalue weighted by Gasteiger charge is -2.33. The fraction of sp³-hybridized carbons (Fsp3) is 0.444. The van der Waals surface area contributed by atoms with Crippen molar-refractivity contribution in [2.45, 2.75) is 12.5 Å². The molecule has 96 valence electrons. The van der Waals surface area contributed by atoms with Crippen molar-refractivity contribution in [2.75, 3.05) is 13.1 Å². The highest BCUT2D eigenvalue weighted by Crippen LogP contribution is 2.13. The van der Waals surface area contributed by atoms with Crippen molar-refractivity contribution in [1.82, 2.24) is 19.8 Å². The van der Waals surface area contributed by atoms with Crippen LogP contribution in [-0.2, 0) is 9.59 Å². The highest BCUT2D eigenvalue weighted by Gasteiger charge is 2.35. The summed E-state index contributed by atoms with van der Waals surface area (Å²) < 4.78 is 3.57. The summed E-state index contributed by atoms with van der Waals surface area (Å²) in [5.74, 6) is -2.06. The molecule has 0 radical (unpaired) electrons. The van der Waals surface area contributed by atoms with E-state index in [0.29, 0.717) is 6.54 Å². The van der Waals surface area contributed by atoms with Gasteiger partial charge in [-0.25, -0.2) is 0 Å². The van der Waals surface area contributed by atoms with Crippen LogP contribution in [0, 0.1) is 0 Å². The zero-order chi connectivity index (χ0) is 13.1. The van der Waals surface area contributed by atoms with Gasteiger partial charge in [0.05, 0.1) is 6.42 Å². The second-order valence-corrected chi connectivity index (χ2v) is 4.30. The van der Waals surface area contributed by atoms with Gasteiger partial charge in [0.15, 0.2) is 5.69 Å². The van der Waals surface area contributed by atoms with E-state index in [1.165, 1.54) is 10.3 Å². The van der Waals surface area contributed by atoms with E-state index in [0.717, 1.165) is 11.5 Å². The topological polar surface area (TPSA) is 112 Å². The quantitative estimate of drug-likeness (QED) is 0.725. The highest BCUT2D eigenvalue weighted by atomic mass is 32.1. The Morgan fingerprint density at radius 3 is 3.00 bits per heavy atom. The normalized spacial score (nSPS) is 19.4. The van der Waals surface area contributed by atoms with Gasteiger partial charge in [0.2, 0.25) is 5.91 Å². The van der Waals surface area contributed by atoms with Crippen molar-refractivity contribution in [3.05, 3.63) is 11.1 Å². The Kier molecular flexibility index (Phi) is 3.51. The van der Waals surface area contributed by atoms with Crippen LogP contribution in [0.25, 0.3) is 0 Å². The smallest absolute Gasteiger partial charge is 0.305 e. The first kappa shape index (κ1) is 12.4. The lowest BCUT2D eigenvalue weighted by molar-refractivity contribution is -0.142. The SMILES string of the molecule is O=C(O)CC1C(=O)NCCN1C(=O)c1csnn1. The van der Waals surface area contributed by atoms with E-state index in [4.69, 9.17) is 5.11 Å². The number of carbonyl (C=O) groups excluding carboxylic acids is 2. The van der Waals surface area contributed by atoms with Crippen molar-refractivity contribution in [1.29, 1.82) is 0 Å². The van der Waals surface area contributed by atoms with E-state index >= 15 is 0 Å². The van der Waals surface area contributed by atoms with Gasteiger partial charge in [0, 0.05) is 18.5 Å². The van der Waals surface area contributed by atoms with Crippen molar-refractivity contribution in [3.8, 4) is 0 Å². The molecule has 1 fully saturated rings. The minimum atomic E-state index is -1.13. The number of nitrogens with zero attached hydrogens (tertiary/aromatic N) is 3. The van der Waals surface area contributed by atoms with E-state index in [-0.39, 0.29) is 12.2 Å². The van der Waals surface area contributed by atoms with Crippen LogP contribution in [0.5, 0.6) is 0 Å². The van der Waals surface area contributed by atoms with Crippen molar-refractivity contribution >= 4 is 29.3 Å². The molecule has 0 aliphatic carbocycles. The van der Waals surface area contributed by atoms with Crippen molar-refractivity contribution < 1.29 is 19.5 Å². The first-order chi connectivity index (χ1) is 8.59. The zero-order valence-electron chi connectivity index (χ0n) is 9.20. The Balaban J connectivity index is 2.20. The van der Waals surface area contributed by atoms with Crippen molar-refractivity contribution in [3.63, 3.8) is 0 Å². The van der Waals surface area contributed by atoms with Crippen LogP contribution < -0.4 is 5.32 Å². The number of aliphatic carboxylic acids is 1. The van der Waals surface area contributed by atoms with Crippen LogP contribution in [0.3, 0.4) is 0 Å². The highest BCUT2D eigenvalue weighted by molar-refractivity contribution is 7.03. The number of hydrogen-bond donors (Lipinski definition) is 2. The molecule has 1 aromatic heterocycles. The van der Waals surface area contributed by atoms with Crippen LogP contribution in [0.2, 0.25) is 0 Å². The fourth-order valence-corrected chi connectivity index (χ4v) is 2.16. The van der Waals surface area contributed by atoms with Crippen molar-refractivity contribution in [2.24, 2.45) is 0 Å². The molecule has 2 heterocycles. The minimum Gasteiger partial charge on any atom is -0.481 e. The number of carboxylic acids is 1. The lowest BCUT2D eigenvalue weighted by Crippen LogP contribution is -2.57. The lowest BCUT2D eigenvalue weighted by atomic mass is 10.1. The maximum absolute atomic E-state index is 12.1. The summed E-state index contributed by atoms with van der Waals surface area (Å²) in [4.78, 5) is 35.6. The predicted molar refractivity (Wildman–Crippen MR) is 60.0 cm³/mol. The molecule has 0 saturated carbocycles. The van der Waals surface area contributed by atoms with Crippen LogP contribution in [0.1, 0.15) is 16.9 Å². The van der Waals surface area contributed by atoms with Gasteiger partial charge in [-0.3, -0.25) is 14.4 Å². The molecule has 1 saturated heterocycles. The molecular weight excluding hydrogens is 260 g/mol. The molecule has 1 aliphatic rings. The van der Waals surface area contributed by atoms with Crippen LogP contribution >= 0.6 is 11.5 Å². The number of amides is 2. The van der Waals surface area contributed by atoms with Gasteiger partial charge >= 0.3 is 5.97 Å². The molecule has 1 aromatic rings. The van der Waals surface area contributed by atoms with Gasteiger partial charge in [0.1, 0.15) is 6.04 Å². The number of aromatic nitrogens is 2. The van der Waals surface area contributed by atoms with E-state index in [9.17, 15) is 14.4 Å². The van der Waals surface area contributed by atoms with Gasteiger partial charge in [-0.15, -0.1) is 5.10 Å². The first-order valence-corrected chi connectivity index (χ1v) is 6.01. The standard InChI is InChI=1S/C9H10N4O4S/c14-7(15)3-6-8(16)10-1-2-13(6)9(17)5-4-18-12-11-5/h4,6H,1-3H2,(H,10,16)(H,14,15). The molecule has 2 N–H and O–H groups in total. The van der Waals surface area contributed by atoms with Crippen LogP contribution in [0.15, 0.2) is 5.38 Å². The second-order valence-electron chi connectivity index (χ2n) is 3.69. The van der Waals surface area contributed by atoms with Gasteiger partial charge in [-0.05, 0) is 11.5 Å². The molecule has 2 rings (SSSR count). The van der Waals surface area contributed by atoms with Gasteiger partial charge < -0.3 is 15.3 Å². The largest absolute Gasteiger partial charge is 0.481 e. The molecule has 0 aromatic carbocycles. The molecular formula is C9H10N4O4S. The third kappa shape index (κ3) is 2.45. The number of piperazine rings is 1. The third-order valence-corrected chi connectivity index (χ3v) is 3.04. The molecule has 1 unspecified atom stereocenters. The summed E-state index contributed by atoms with van der Waals surface area (Å²) in [6, 6.07) is -0.995. The number of carbonyl (C=O) groups is 3. The molecule has 0 bridgehead atoms. The number of nitrogens with one attached hydrogen (secondary N) is 1. The monoisotopic (exact) mass is 270 g/mol. The van der Waals surface area contributed by atoms with E-state index in [2.05, 4.69) is 14.9 Å². The van der Waals surface area contributed by atoms with E-state index in [1.807, 2.05) is 0 Å². The fourth-order valence-electron chi connectivity index (χ4n) is 1.73. The van der Waals surface area contributed by atoms with Crippen LogP contribution in [-0.4, -0.2) is 56.5 Å². The van der Waals surface area contributed by atoms with Gasteiger partial charge in [-0.1, -0.05) is 4.49 Å². The molecule has 1 atom stereocenters. The summed E-state index contributed by atoms with van der Waals surface area (Å²) >= 11 is 1.02. The summed E-state index contributed by atoms with van der Waals surface area (Å²) in [5, 5.41) is 16.4. The van der Waals surface area contributed by atoms with Crippen LogP contribution in [0.4, 0.5) is 0 Å². The zero-order valence-corrected chi connectivity index (χ0v) is 10.0. The molecule has 0 spiro atoms. The Morgan fingerprint density at radius 1 is 1.61 bits per heavy atom. The average Bonchev–Trinajstić information content (AvgIpc) is 2.84. The Labute approximate surface area is 106 Å². The maximum Gasteiger partial charge on any atom is 0.305 e. The molecule has 8 nitrogen and oxygen atoms in total. The predicted octanol–water partition coefficient (Wildman–Crippen LogP) is -1.05. The minimum absolute atomic E-state index is 0.130. The summed E-state index contributed by atoms with van der Waals surface area (Å²) in [7, 11) is 0.